The van der Waals surface area contributed by atoms with E-state index in [1.165, 1.54) is 5.69 Å². The number of hydrogen-bond acceptors (Lipinski definition) is 4. The molecule has 1 saturated heterocycles. The van der Waals surface area contributed by atoms with Crippen molar-refractivity contribution >= 4 is 11.5 Å². The molecule has 4 heteroatoms. The number of carbonyl (C=O) groups is 1. The largest absolute Gasteiger partial charge is 0.494 e. The predicted octanol–water partition coefficient (Wildman–Crippen LogP) is 3.87. The fourth-order valence-corrected chi connectivity index (χ4v) is 3.64. The Labute approximate surface area is 161 Å². The highest BCUT2D eigenvalue weighted by atomic mass is 16.5. The minimum absolute atomic E-state index is 0.277. The summed E-state index contributed by atoms with van der Waals surface area (Å²) in [6, 6.07) is 18.3. The van der Waals surface area contributed by atoms with E-state index >= 15 is 0 Å². The molecule has 0 bridgehead atoms. The van der Waals surface area contributed by atoms with E-state index in [9.17, 15) is 4.79 Å². The van der Waals surface area contributed by atoms with Crippen LogP contribution in [0.3, 0.4) is 0 Å². The summed E-state index contributed by atoms with van der Waals surface area (Å²) < 4.78 is 5.85. The molecule has 1 heterocycles. The zero-order valence-corrected chi connectivity index (χ0v) is 15.8. The van der Waals surface area contributed by atoms with Crippen molar-refractivity contribution in [2.75, 3.05) is 44.2 Å². The normalized spacial score (nSPS) is 17.7. The third-order valence-corrected chi connectivity index (χ3v) is 5.47. The molecular formula is C23H28N2O2. The first-order valence-corrected chi connectivity index (χ1v) is 10.1. The number of Topliss-reactive ketones (excluding diaryl/α,β-unsaturated/α-hetero) is 1. The van der Waals surface area contributed by atoms with E-state index in [0.29, 0.717) is 0 Å². The van der Waals surface area contributed by atoms with E-state index in [-0.39, 0.29) is 11.7 Å². The maximum absolute atomic E-state index is 12.0. The van der Waals surface area contributed by atoms with E-state index in [4.69, 9.17) is 4.74 Å². The molecule has 0 spiro atoms. The molecule has 0 aromatic heterocycles. The molecule has 2 fully saturated rings. The van der Waals surface area contributed by atoms with Crippen molar-refractivity contribution in [2.45, 2.75) is 19.3 Å². The molecule has 27 heavy (non-hydrogen) atoms. The van der Waals surface area contributed by atoms with Gasteiger partial charge in [0, 0.05) is 49.9 Å². The summed E-state index contributed by atoms with van der Waals surface area (Å²) in [4.78, 5) is 17.0. The highest BCUT2D eigenvalue weighted by molar-refractivity contribution is 5.99. The zero-order valence-electron chi connectivity index (χ0n) is 15.8. The van der Waals surface area contributed by atoms with Gasteiger partial charge in [-0.2, -0.15) is 0 Å². The average Bonchev–Trinajstić information content (AvgIpc) is 3.58. The van der Waals surface area contributed by atoms with Gasteiger partial charge in [-0.3, -0.25) is 9.69 Å². The highest BCUT2D eigenvalue weighted by Gasteiger charge is 2.30. The summed E-state index contributed by atoms with van der Waals surface area (Å²) in [5.74, 6) is 1.42. The van der Waals surface area contributed by atoms with Gasteiger partial charge >= 0.3 is 0 Å². The van der Waals surface area contributed by atoms with Gasteiger partial charge in [-0.05, 0) is 55.7 Å². The van der Waals surface area contributed by atoms with Crippen LogP contribution in [0.25, 0.3) is 0 Å². The molecule has 0 N–H and O–H groups in total. The summed E-state index contributed by atoms with van der Waals surface area (Å²) in [7, 11) is 0. The first-order valence-electron chi connectivity index (χ1n) is 10.1. The lowest BCUT2D eigenvalue weighted by Gasteiger charge is -2.36. The molecule has 0 amide bonds. The Kier molecular flexibility index (Phi) is 5.73. The van der Waals surface area contributed by atoms with Crippen LogP contribution in [0.2, 0.25) is 0 Å². The van der Waals surface area contributed by atoms with E-state index in [0.717, 1.165) is 69.9 Å². The first-order chi connectivity index (χ1) is 13.3. The van der Waals surface area contributed by atoms with Crippen molar-refractivity contribution in [2.24, 2.45) is 5.92 Å². The van der Waals surface area contributed by atoms with Crippen LogP contribution in [0, 0.1) is 5.92 Å². The maximum atomic E-state index is 12.0. The second kappa shape index (κ2) is 8.57. The van der Waals surface area contributed by atoms with Crippen LogP contribution in [0.15, 0.2) is 54.6 Å². The first kappa shape index (κ1) is 18.1. The molecule has 2 aromatic carbocycles. The Balaban J connectivity index is 1.14. The van der Waals surface area contributed by atoms with Gasteiger partial charge in [-0.25, -0.2) is 0 Å². The molecule has 142 valence electrons. The number of anilines is 1. The fourth-order valence-electron chi connectivity index (χ4n) is 3.64. The van der Waals surface area contributed by atoms with E-state index < -0.39 is 0 Å². The number of piperazine rings is 1. The van der Waals surface area contributed by atoms with E-state index in [1.54, 1.807) is 0 Å². The van der Waals surface area contributed by atoms with Crippen LogP contribution in [0.4, 0.5) is 5.69 Å². The Morgan fingerprint density at radius 2 is 1.63 bits per heavy atom. The summed E-state index contributed by atoms with van der Waals surface area (Å²) in [5, 5.41) is 0. The molecule has 1 aliphatic carbocycles. The van der Waals surface area contributed by atoms with Gasteiger partial charge in [0.25, 0.3) is 0 Å². The quantitative estimate of drug-likeness (QED) is 0.526. The monoisotopic (exact) mass is 364 g/mol. The average molecular weight is 364 g/mol. The Hall–Kier alpha value is -2.33. The number of ether oxygens (including phenoxy) is 1. The highest BCUT2D eigenvalue weighted by Crippen LogP contribution is 2.32. The second-order valence-corrected chi connectivity index (χ2v) is 7.53. The van der Waals surface area contributed by atoms with Crippen molar-refractivity contribution in [3.05, 3.63) is 60.2 Å². The summed E-state index contributed by atoms with van der Waals surface area (Å²) in [6.45, 7) is 6.16. The van der Waals surface area contributed by atoms with Crippen molar-refractivity contribution in [3.8, 4) is 5.75 Å². The minimum atomic E-state index is 0.277. The number of nitrogens with zero attached hydrogens (tertiary/aromatic N) is 2. The van der Waals surface area contributed by atoms with Gasteiger partial charge in [-0.1, -0.05) is 18.2 Å². The van der Waals surface area contributed by atoms with Crippen LogP contribution >= 0.6 is 0 Å². The van der Waals surface area contributed by atoms with Gasteiger partial charge in [0.15, 0.2) is 5.78 Å². The summed E-state index contributed by atoms with van der Waals surface area (Å²) >= 11 is 0. The molecule has 0 unspecified atom stereocenters. The van der Waals surface area contributed by atoms with Gasteiger partial charge < -0.3 is 9.64 Å². The van der Waals surface area contributed by atoms with Gasteiger partial charge in [0.05, 0.1) is 6.61 Å². The third kappa shape index (κ3) is 4.89. The second-order valence-electron chi connectivity index (χ2n) is 7.53. The van der Waals surface area contributed by atoms with Gasteiger partial charge in [0.1, 0.15) is 5.75 Å². The fraction of sp³-hybridized carbons (Fsp3) is 0.435. The van der Waals surface area contributed by atoms with Crippen LogP contribution in [-0.4, -0.2) is 50.0 Å². The van der Waals surface area contributed by atoms with Crippen molar-refractivity contribution in [3.63, 3.8) is 0 Å². The lowest BCUT2D eigenvalue weighted by atomic mass is 10.1. The van der Waals surface area contributed by atoms with Crippen LogP contribution in [0.5, 0.6) is 5.75 Å². The molecule has 1 aliphatic heterocycles. The number of rotatable bonds is 8. The number of para-hydroxylation sites is 1. The van der Waals surface area contributed by atoms with Crippen molar-refractivity contribution in [1.29, 1.82) is 0 Å². The number of ketones is 1. The molecule has 2 aromatic rings. The van der Waals surface area contributed by atoms with Gasteiger partial charge in [-0.15, -0.1) is 0 Å². The number of benzene rings is 2. The SMILES string of the molecule is O=C(c1ccc(OCCCN2CCN(c3ccccc3)CC2)cc1)C1CC1. The Morgan fingerprint density at radius 3 is 2.30 bits per heavy atom. The Morgan fingerprint density at radius 1 is 0.926 bits per heavy atom. The van der Waals surface area contributed by atoms with Crippen molar-refractivity contribution < 1.29 is 9.53 Å². The lowest BCUT2D eigenvalue weighted by molar-refractivity contribution is 0.0967. The maximum Gasteiger partial charge on any atom is 0.165 e. The van der Waals surface area contributed by atoms with Crippen molar-refractivity contribution in [1.82, 2.24) is 4.90 Å². The molecular weight excluding hydrogens is 336 g/mol. The molecule has 0 radical (unpaired) electrons. The Bertz CT molecular complexity index is 733. The smallest absolute Gasteiger partial charge is 0.165 e. The molecule has 1 saturated carbocycles. The molecule has 4 rings (SSSR count). The zero-order chi connectivity index (χ0) is 18.5. The summed E-state index contributed by atoms with van der Waals surface area (Å²) in [5.41, 5.74) is 2.14. The van der Waals surface area contributed by atoms with Gasteiger partial charge in [0.2, 0.25) is 0 Å². The number of carbonyl (C=O) groups excluding carboxylic acids is 1. The van der Waals surface area contributed by atoms with Crippen LogP contribution in [-0.2, 0) is 0 Å². The van der Waals surface area contributed by atoms with Crippen LogP contribution in [0.1, 0.15) is 29.6 Å². The van der Waals surface area contributed by atoms with E-state index in [1.807, 2.05) is 24.3 Å². The topological polar surface area (TPSA) is 32.8 Å². The standard InChI is InChI=1S/C23H28N2O2/c26-23(19-7-8-19)20-9-11-22(12-10-20)27-18-4-13-24-14-16-25(17-15-24)21-5-2-1-3-6-21/h1-3,5-6,9-12,19H,4,7-8,13-18H2. The van der Waals surface area contributed by atoms with E-state index in [2.05, 4.69) is 40.1 Å². The lowest BCUT2D eigenvalue weighted by Crippen LogP contribution is -2.46. The van der Waals surface area contributed by atoms with Crippen LogP contribution < -0.4 is 9.64 Å². The third-order valence-electron chi connectivity index (χ3n) is 5.47. The molecule has 0 atom stereocenters. The minimum Gasteiger partial charge on any atom is -0.494 e. The number of hydrogen-bond donors (Lipinski definition) is 0. The summed E-state index contributed by atoms with van der Waals surface area (Å²) in [6.07, 6.45) is 3.13. The molecule has 2 aliphatic rings. The predicted molar refractivity (Wildman–Crippen MR) is 109 cm³/mol. The molecule has 4 nitrogen and oxygen atoms in total.